The predicted molar refractivity (Wildman–Crippen MR) is 157 cm³/mol. The molecule has 0 saturated carbocycles. The Morgan fingerprint density at radius 3 is 2.30 bits per heavy atom. The van der Waals surface area contributed by atoms with Crippen LogP contribution in [-0.2, 0) is 11.3 Å². The average Bonchev–Trinajstić information content (AvgIpc) is 2.93. The molecular weight excluding hydrogens is 508 g/mol. The van der Waals surface area contributed by atoms with Gasteiger partial charge in [-0.3, -0.25) is 14.3 Å². The molecule has 0 unspecified atom stereocenters. The minimum absolute atomic E-state index is 0.0962. The number of aromatic nitrogens is 3. The molecule has 11 heteroatoms. The van der Waals surface area contributed by atoms with Crippen LogP contribution in [0.1, 0.15) is 20.8 Å². The maximum absolute atomic E-state index is 12.8. The molecule has 0 atom stereocenters. The highest BCUT2D eigenvalue weighted by Gasteiger charge is 2.26. The van der Waals surface area contributed by atoms with Crippen LogP contribution in [0.4, 0.5) is 22.1 Å². The average molecular weight is 549 g/mol. The van der Waals surface area contributed by atoms with Gasteiger partial charge in [0.15, 0.2) is 0 Å². The molecule has 2 saturated heterocycles. The van der Waals surface area contributed by atoms with Crippen molar-refractivity contribution in [3.8, 4) is 0 Å². The zero-order chi connectivity index (χ0) is 28.3. The van der Waals surface area contributed by atoms with E-state index < -0.39 is 5.60 Å². The van der Waals surface area contributed by atoms with Gasteiger partial charge in [-0.05, 0) is 58.2 Å². The van der Waals surface area contributed by atoms with Crippen LogP contribution in [0.15, 0.2) is 47.4 Å². The second kappa shape index (κ2) is 11.8. The summed E-state index contributed by atoms with van der Waals surface area (Å²) in [5, 5.41) is 4.10. The first-order chi connectivity index (χ1) is 19.1. The second-order valence-electron chi connectivity index (χ2n) is 11.6. The third-order valence-corrected chi connectivity index (χ3v) is 7.38. The van der Waals surface area contributed by atoms with Crippen LogP contribution in [0.3, 0.4) is 0 Å². The lowest BCUT2D eigenvalue weighted by atomic mass is 10.2. The summed E-state index contributed by atoms with van der Waals surface area (Å²) < 4.78 is 7.20. The monoisotopic (exact) mass is 548 g/mol. The summed E-state index contributed by atoms with van der Waals surface area (Å²) in [5.74, 6) is 0.449. The largest absolute Gasteiger partial charge is 0.444 e. The van der Waals surface area contributed by atoms with Gasteiger partial charge in [0.2, 0.25) is 5.95 Å². The number of benzene rings is 1. The van der Waals surface area contributed by atoms with Crippen molar-refractivity contribution >= 4 is 34.4 Å². The van der Waals surface area contributed by atoms with E-state index in [0.29, 0.717) is 37.8 Å². The number of likely N-dealkylation sites (N-methyl/N-ethyl adjacent to an activating group) is 1. The molecule has 11 nitrogen and oxygen atoms in total. The minimum Gasteiger partial charge on any atom is -0.444 e. The highest BCUT2D eigenvalue weighted by molar-refractivity contribution is 5.75. The lowest BCUT2D eigenvalue weighted by molar-refractivity contribution is 0.0143. The predicted octanol–water partition coefficient (Wildman–Crippen LogP) is 2.84. The highest BCUT2D eigenvalue weighted by atomic mass is 16.6. The quantitative estimate of drug-likeness (QED) is 0.499. The summed E-state index contributed by atoms with van der Waals surface area (Å²) in [7, 11) is 2.16. The van der Waals surface area contributed by atoms with E-state index in [1.807, 2.05) is 32.9 Å². The Morgan fingerprint density at radius 2 is 1.62 bits per heavy atom. The van der Waals surface area contributed by atoms with Crippen LogP contribution in [0, 0.1) is 0 Å². The van der Waals surface area contributed by atoms with E-state index in [4.69, 9.17) is 9.72 Å². The maximum atomic E-state index is 12.8. The zero-order valence-electron chi connectivity index (χ0n) is 24.0. The van der Waals surface area contributed by atoms with Gasteiger partial charge in [-0.2, -0.15) is 4.98 Å². The van der Waals surface area contributed by atoms with Gasteiger partial charge in [0.05, 0.1) is 0 Å². The molecule has 3 aromatic rings. The van der Waals surface area contributed by atoms with Crippen LogP contribution < -0.4 is 15.8 Å². The van der Waals surface area contributed by atoms with Gasteiger partial charge in [0.1, 0.15) is 11.2 Å². The fourth-order valence-corrected chi connectivity index (χ4v) is 5.02. The van der Waals surface area contributed by atoms with Gasteiger partial charge >= 0.3 is 6.09 Å². The Balaban J connectivity index is 1.22. The first kappa shape index (κ1) is 27.9. The number of amides is 1. The lowest BCUT2D eigenvalue weighted by Crippen LogP contribution is -2.50. The summed E-state index contributed by atoms with van der Waals surface area (Å²) in [4.78, 5) is 43.2. The molecule has 2 fully saturated rings. The number of anilines is 3. The number of piperazine rings is 2. The molecule has 40 heavy (non-hydrogen) atoms. The van der Waals surface area contributed by atoms with Crippen molar-refractivity contribution in [2.24, 2.45) is 0 Å². The number of carbonyl (C=O) groups is 1. The van der Waals surface area contributed by atoms with Gasteiger partial charge in [-0.25, -0.2) is 9.78 Å². The van der Waals surface area contributed by atoms with Crippen LogP contribution in [-0.4, -0.2) is 107 Å². The zero-order valence-corrected chi connectivity index (χ0v) is 24.0. The third kappa shape index (κ3) is 6.89. The number of hydrogen-bond donors (Lipinski definition) is 1. The molecule has 1 amide bonds. The molecule has 1 N–H and O–H groups in total. The van der Waals surface area contributed by atoms with Gasteiger partial charge in [-0.1, -0.05) is 0 Å². The molecule has 1 aromatic carbocycles. The topological polar surface area (TPSA) is 99.1 Å². The number of ether oxygens (including phenoxy) is 1. The number of rotatable bonds is 6. The van der Waals surface area contributed by atoms with Crippen molar-refractivity contribution in [3.05, 3.63) is 52.9 Å². The van der Waals surface area contributed by atoms with Crippen LogP contribution in [0.2, 0.25) is 0 Å². The molecule has 4 heterocycles. The number of fused-ring (bicyclic) bond motifs is 1. The second-order valence-corrected chi connectivity index (χ2v) is 11.6. The van der Waals surface area contributed by atoms with Gasteiger partial charge < -0.3 is 24.8 Å². The number of hydrogen-bond acceptors (Lipinski definition) is 9. The summed E-state index contributed by atoms with van der Waals surface area (Å²) in [6.45, 7) is 13.6. The Hall–Kier alpha value is -3.70. The molecule has 2 aliphatic rings. The van der Waals surface area contributed by atoms with E-state index in [-0.39, 0.29) is 11.7 Å². The Morgan fingerprint density at radius 1 is 0.925 bits per heavy atom. The summed E-state index contributed by atoms with van der Waals surface area (Å²) in [6, 6.07) is 11.6. The van der Waals surface area contributed by atoms with Crippen molar-refractivity contribution in [1.82, 2.24) is 29.2 Å². The van der Waals surface area contributed by atoms with Crippen molar-refractivity contribution in [3.63, 3.8) is 0 Å². The van der Waals surface area contributed by atoms with Crippen LogP contribution in [0.25, 0.3) is 11.0 Å². The van der Waals surface area contributed by atoms with E-state index in [9.17, 15) is 9.59 Å². The summed E-state index contributed by atoms with van der Waals surface area (Å²) in [5.41, 5.74) is 2.10. The van der Waals surface area contributed by atoms with Crippen molar-refractivity contribution in [2.45, 2.75) is 32.9 Å². The van der Waals surface area contributed by atoms with Crippen molar-refractivity contribution in [1.29, 1.82) is 0 Å². The number of nitrogens with one attached hydrogen (secondary N) is 1. The molecule has 0 bridgehead atoms. The molecule has 0 aliphatic carbocycles. The molecule has 2 aliphatic heterocycles. The Bertz CT molecular complexity index is 1370. The number of carbonyl (C=O) groups excluding carboxylic acids is 1. The standard InChI is InChI=1S/C29H40N8O3/c1-29(2,3)40-28(39)36-18-13-34(14-19-36)15-20-37-25(38)10-5-22-21-30-27(32-26(22)37)31-23-6-8-24(9-7-23)35-16-11-33(4)12-17-35/h5-10,21H,11-20H2,1-4H3,(H,30,31,32). The molecule has 0 spiro atoms. The van der Waals surface area contributed by atoms with Crippen LogP contribution >= 0.6 is 0 Å². The highest BCUT2D eigenvalue weighted by Crippen LogP contribution is 2.22. The first-order valence-electron chi connectivity index (χ1n) is 14.0. The Kier molecular flexibility index (Phi) is 8.22. The fraction of sp³-hybridized carbons (Fsp3) is 0.517. The van der Waals surface area contributed by atoms with Crippen LogP contribution in [0.5, 0.6) is 0 Å². The molecule has 214 valence electrons. The fourth-order valence-electron chi connectivity index (χ4n) is 5.02. The SMILES string of the molecule is CN1CCN(c2ccc(Nc3ncc4ccc(=O)n(CCN5CCN(C(=O)OC(C)(C)C)CC5)c4n3)cc2)CC1. The van der Waals surface area contributed by atoms with E-state index in [0.717, 1.165) is 50.3 Å². The minimum atomic E-state index is -0.507. The van der Waals surface area contributed by atoms with Gasteiger partial charge in [0.25, 0.3) is 5.56 Å². The molecular formula is C29H40N8O3. The third-order valence-electron chi connectivity index (χ3n) is 7.38. The summed E-state index contributed by atoms with van der Waals surface area (Å²) >= 11 is 0. The normalized spacial score (nSPS) is 17.3. The Labute approximate surface area is 235 Å². The maximum Gasteiger partial charge on any atom is 0.410 e. The number of pyridine rings is 1. The molecule has 0 radical (unpaired) electrons. The van der Waals surface area contributed by atoms with Crippen molar-refractivity contribution in [2.75, 3.05) is 76.2 Å². The smallest absolute Gasteiger partial charge is 0.410 e. The van der Waals surface area contributed by atoms with Crippen molar-refractivity contribution < 1.29 is 9.53 Å². The van der Waals surface area contributed by atoms with Gasteiger partial charge in [0, 0.05) is 94.5 Å². The first-order valence-corrected chi connectivity index (χ1v) is 14.0. The molecule has 2 aromatic heterocycles. The summed E-state index contributed by atoms with van der Waals surface area (Å²) in [6.07, 6.45) is 1.47. The van der Waals surface area contributed by atoms with E-state index in [2.05, 4.69) is 44.2 Å². The number of nitrogens with zero attached hydrogens (tertiary/aromatic N) is 7. The van der Waals surface area contributed by atoms with Gasteiger partial charge in [-0.15, -0.1) is 0 Å². The van der Waals surface area contributed by atoms with E-state index in [1.165, 1.54) is 5.69 Å². The van der Waals surface area contributed by atoms with E-state index in [1.54, 1.807) is 27.8 Å². The molecule has 5 rings (SSSR count). The van der Waals surface area contributed by atoms with E-state index >= 15 is 0 Å². The lowest BCUT2D eigenvalue weighted by Gasteiger charge is -2.35.